The average molecular weight is 392 g/mol. The quantitative estimate of drug-likeness (QED) is 0.681. The van der Waals surface area contributed by atoms with Gasteiger partial charge in [0.15, 0.2) is 0 Å². The molecule has 0 amide bonds. The molecule has 5 heteroatoms. The second-order valence-electron chi connectivity index (χ2n) is 6.18. The topological polar surface area (TPSA) is 15.7 Å². The van der Waals surface area contributed by atoms with E-state index in [4.69, 9.17) is 4.74 Å². The van der Waals surface area contributed by atoms with Crippen molar-refractivity contribution in [2.75, 3.05) is 46.4 Å². The number of benzene rings is 1. The van der Waals surface area contributed by atoms with Gasteiger partial charge in [-0.1, -0.05) is 29.8 Å². The highest BCUT2D eigenvalue weighted by molar-refractivity contribution is 9.10. The molecule has 0 saturated carbocycles. The van der Waals surface area contributed by atoms with E-state index in [-0.39, 0.29) is 12.4 Å². The van der Waals surface area contributed by atoms with Crippen LogP contribution in [0.5, 0.6) is 5.75 Å². The van der Waals surface area contributed by atoms with E-state index in [1.165, 1.54) is 31.7 Å². The molecule has 1 aliphatic heterocycles. The van der Waals surface area contributed by atoms with Gasteiger partial charge in [-0.05, 0) is 43.1 Å². The Morgan fingerprint density at radius 3 is 2.50 bits per heavy atom. The monoisotopic (exact) mass is 390 g/mol. The van der Waals surface area contributed by atoms with Gasteiger partial charge in [-0.15, -0.1) is 12.4 Å². The van der Waals surface area contributed by atoms with Gasteiger partial charge in [0.2, 0.25) is 0 Å². The van der Waals surface area contributed by atoms with Crippen molar-refractivity contribution < 1.29 is 4.74 Å². The molecule has 126 valence electrons. The van der Waals surface area contributed by atoms with Crippen molar-refractivity contribution >= 4 is 28.3 Å². The first-order valence-electron chi connectivity index (χ1n) is 7.89. The third-order valence-electron chi connectivity index (χ3n) is 4.07. The number of likely N-dealkylation sites (N-methyl/N-ethyl adjacent to an activating group) is 1. The highest BCUT2D eigenvalue weighted by Crippen LogP contribution is 2.29. The Labute approximate surface area is 149 Å². The van der Waals surface area contributed by atoms with Gasteiger partial charge in [-0.25, -0.2) is 0 Å². The van der Waals surface area contributed by atoms with Crippen LogP contribution in [0.2, 0.25) is 0 Å². The Balaban J connectivity index is 0.00000242. The van der Waals surface area contributed by atoms with Crippen LogP contribution in [0.4, 0.5) is 0 Å². The highest BCUT2D eigenvalue weighted by atomic mass is 79.9. The first kappa shape index (κ1) is 19.8. The van der Waals surface area contributed by atoms with Crippen LogP contribution in [0.1, 0.15) is 31.7 Å². The lowest BCUT2D eigenvalue weighted by Gasteiger charge is -2.32. The van der Waals surface area contributed by atoms with Crippen molar-refractivity contribution in [1.82, 2.24) is 9.80 Å². The normalized spacial score (nSPS) is 16.6. The minimum atomic E-state index is 0. The van der Waals surface area contributed by atoms with Crippen molar-refractivity contribution in [3.8, 4) is 5.75 Å². The molecule has 1 fully saturated rings. The summed E-state index contributed by atoms with van der Waals surface area (Å²) in [6.45, 7) is 11.1. The van der Waals surface area contributed by atoms with Crippen LogP contribution in [-0.2, 0) is 0 Å². The maximum absolute atomic E-state index is 6.01. The lowest BCUT2D eigenvalue weighted by atomic mass is 10.0. The zero-order chi connectivity index (χ0) is 15.2. The van der Waals surface area contributed by atoms with Gasteiger partial charge in [-0.2, -0.15) is 0 Å². The van der Waals surface area contributed by atoms with Gasteiger partial charge in [-0.3, -0.25) is 0 Å². The highest BCUT2D eigenvalue weighted by Gasteiger charge is 2.13. The second kappa shape index (κ2) is 9.76. The third kappa shape index (κ3) is 6.07. The number of hydrogen-bond donors (Lipinski definition) is 0. The molecule has 2 rings (SSSR count). The van der Waals surface area contributed by atoms with Gasteiger partial charge < -0.3 is 14.5 Å². The number of ether oxygens (including phenoxy) is 1. The summed E-state index contributed by atoms with van der Waals surface area (Å²) in [6, 6.07) is 6.30. The van der Waals surface area contributed by atoms with Crippen molar-refractivity contribution in [2.45, 2.75) is 26.2 Å². The molecule has 1 aliphatic rings. The molecule has 0 aromatic heterocycles. The lowest BCUT2D eigenvalue weighted by molar-refractivity contribution is 0.145. The van der Waals surface area contributed by atoms with E-state index in [1.807, 2.05) is 0 Å². The fourth-order valence-corrected chi connectivity index (χ4v) is 3.02. The van der Waals surface area contributed by atoms with Crippen LogP contribution in [0.15, 0.2) is 22.7 Å². The van der Waals surface area contributed by atoms with Gasteiger partial charge in [0, 0.05) is 37.2 Å². The Hall–Kier alpha value is -0.290. The summed E-state index contributed by atoms with van der Waals surface area (Å²) in [7, 11) is 2.20. The van der Waals surface area contributed by atoms with Gasteiger partial charge in [0.25, 0.3) is 0 Å². The van der Waals surface area contributed by atoms with Crippen molar-refractivity contribution in [3.63, 3.8) is 0 Å². The fraction of sp³-hybridized carbons (Fsp3) is 0.647. The summed E-state index contributed by atoms with van der Waals surface area (Å²) < 4.78 is 7.13. The maximum atomic E-state index is 6.01. The maximum Gasteiger partial charge on any atom is 0.122 e. The predicted octanol–water partition coefficient (Wildman–Crippen LogP) is 4.01. The molecule has 0 bridgehead atoms. The van der Waals surface area contributed by atoms with E-state index >= 15 is 0 Å². The minimum absolute atomic E-state index is 0. The van der Waals surface area contributed by atoms with E-state index in [0.29, 0.717) is 5.92 Å². The van der Waals surface area contributed by atoms with E-state index in [0.717, 1.165) is 29.8 Å². The standard InChI is InChI=1S/C17H27BrN2O.ClH/c1-14(2)16-13-15(18)5-6-17(16)21-12-4-7-20-10-8-19(3)9-11-20;/h5-6,13-14H,4,7-12H2,1-3H3;1H. The molecule has 1 heterocycles. The number of hydrogen-bond acceptors (Lipinski definition) is 3. The predicted molar refractivity (Wildman–Crippen MR) is 99.5 cm³/mol. The van der Waals surface area contributed by atoms with E-state index in [9.17, 15) is 0 Å². The van der Waals surface area contributed by atoms with E-state index in [1.54, 1.807) is 0 Å². The van der Waals surface area contributed by atoms with Crippen LogP contribution in [0.25, 0.3) is 0 Å². The molecule has 1 aromatic carbocycles. The fourth-order valence-electron chi connectivity index (χ4n) is 2.64. The summed E-state index contributed by atoms with van der Waals surface area (Å²) in [5.74, 6) is 1.52. The minimum Gasteiger partial charge on any atom is -0.493 e. The average Bonchev–Trinajstić information content (AvgIpc) is 2.46. The molecule has 0 spiro atoms. The molecular formula is C17H28BrClN2O. The third-order valence-corrected chi connectivity index (χ3v) is 4.56. The summed E-state index contributed by atoms with van der Waals surface area (Å²) in [5, 5.41) is 0. The van der Waals surface area contributed by atoms with Crippen molar-refractivity contribution in [1.29, 1.82) is 0 Å². The summed E-state index contributed by atoms with van der Waals surface area (Å²) in [5.41, 5.74) is 1.28. The summed E-state index contributed by atoms with van der Waals surface area (Å²) >= 11 is 3.54. The Kier molecular flexibility index (Phi) is 8.77. The van der Waals surface area contributed by atoms with Crippen LogP contribution in [0.3, 0.4) is 0 Å². The van der Waals surface area contributed by atoms with Crippen LogP contribution >= 0.6 is 28.3 Å². The van der Waals surface area contributed by atoms with Crippen LogP contribution < -0.4 is 4.74 Å². The molecule has 22 heavy (non-hydrogen) atoms. The molecule has 3 nitrogen and oxygen atoms in total. The largest absolute Gasteiger partial charge is 0.493 e. The second-order valence-corrected chi connectivity index (χ2v) is 7.10. The van der Waals surface area contributed by atoms with E-state index in [2.05, 4.69) is 64.8 Å². The molecule has 0 N–H and O–H groups in total. The van der Waals surface area contributed by atoms with E-state index < -0.39 is 0 Å². The Bertz CT molecular complexity index is 448. The first-order chi connectivity index (χ1) is 10.1. The molecule has 0 unspecified atom stereocenters. The molecule has 1 saturated heterocycles. The van der Waals surface area contributed by atoms with Gasteiger partial charge >= 0.3 is 0 Å². The van der Waals surface area contributed by atoms with Crippen molar-refractivity contribution in [3.05, 3.63) is 28.2 Å². The summed E-state index contributed by atoms with van der Waals surface area (Å²) in [4.78, 5) is 4.93. The number of piperazine rings is 1. The van der Waals surface area contributed by atoms with Crippen LogP contribution in [0, 0.1) is 0 Å². The Morgan fingerprint density at radius 2 is 1.86 bits per heavy atom. The summed E-state index contributed by atoms with van der Waals surface area (Å²) in [6.07, 6.45) is 1.09. The Morgan fingerprint density at radius 1 is 1.18 bits per heavy atom. The SMILES string of the molecule is CC(C)c1cc(Br)ccc1OCCCN1CCN(C)CC1.Cl. The first-order valence-corrected chi connectivity index (χ1v) is 8.68. The smallest absolute Gasteiger partial charge is 0.122 e. The van der Waals surface area contributed by atoms with Crippen molar-refractivity contribution in [2.24, 2.45) is 0 Å². The molecule has 0 aliphatic carbocycles. The molecule has 0 atom stereocenters. The molecule has 0 radical (unpaired) electrons. The zero-order valence-corrected chi connectivity index (χ0v) is 16.3. The van der Waals surface area contributed by atoms with Gasteiger partial charge in [0.1, 0.15) is 5.75 Å². The number of halogens is 2. The van der Waals surface area contributed by atoms with Gasteiger partial charge in [0.05, 0.1) is 6.61 Å². The number of nitrogens with zero attached hydrogens (tertiary/aromatic N) is 2. The van der Waals surface area contributed by atoms with Crippen LogP contribution in [-0.4, -0.2) is 56.2 Å². The zero-order valence-electron chi connectivity index (χ0n) is 13.8. The number of rotatable bonds is 6. The molecular weight excluding hydrogens is 364 g/mol. The molecule has 1 aromatic rings. The lowest BCUT2D eigenvalue weighted by Crippen LogP contribution is -2.44.